The smallest absolute Gasteiger partial charge is 0.325 e. The van der Waals surface area contributed by atoms with Crippen LogP contribution in [-0.2, 0) is 19.1 Å². The summed E-state index contributed by atoms with van der Waals surface area (Å²) in [4.78, 5) is 22.1. The molecule has 0 amide bonds. The number of hydroxylamine groups is 1. The zero-order chi connectivity index (χ0) is 11.7. The highest BCUT2D eigenvalue weighted by Gasteiger charge is 2.19. The SMILES string of the molecule is CCOC(=O)CC[C@H](NO)C(=O)OCC. The molecular formula is C9H17NO5. The van der Waals surface area contributed by atoms with E-state index in [1.807, 2.05) is 0 Å². The molecule has 0 aromatic heterocycles. The molecule has 0 aromatic carbocycles. The molecule has 6 nitrogen and oxygen atoms in total. The van der Waals surface area contributed by atoms with E-state index in [4.69, 9.17) is 5.21 Å². The number of carbonyl (C=O) groups excluding carboxylic acids is 2. The van der Waals surface area contributed by atoms with Gasteiger partial charge in [-0.05, 0) is 20.3 Å². The number of nitrogens with one attached hydrogen (secondary N) is 1. The van der Waals surface area contributed by atoms with Gasteiger partial charge >= 0.3 is 11.9 Å². The normalized spacial score (nSPS) is 11.9. The van der Waals surface area contributed by atoms with Crippen LogP contribution in [0.3, 0.4) is 0 Å². The van der Waals surface area contributed by atoms with Gasteiger partial charge < -0.3 is 14.7 Å². The van der Waals surface area contributed by atoms with Gasteiger partial charge in [0.05, 0.1) is 13.2 Å². The van der Waals surface area contributed by atoms with Crippen LogP contribution in [-0.4, -0.2) is 36.4 Å². The Balaban J connectivity index is 3.89. The fourth-order valence-corrected chi connectivity index (χ4v) is 0.973. The number of esters is 2. The molecule has 2 N–H and O–H groups in total. The van der Waals surface area contributed by atoms with Crippen molar-refractivity contribution in [1.29, 1.82) is 0 Å². The first-order valence-corrected chi connectivity index (χ1v) is 4.87. The summed E-state index contributed by atoms with van der Waals surface area (Å²) in [6.45, 7) is 3.90. The van der Waals surface area contributed by atoms with Gasteiger partial charge in [-0.2, -0.15) is 5.48 Å². The number of hydrogen-bond acceptors (Lipinski definition) is 6. The first kappa shape index (κ1) is 13.9. The summed E-state index contributed by atoms with van der Waals surface area (Å²) in [7, 11) is 0. The van der Waals surface area contributed by atoms with E-state index in [2.05, 4.69) is 9.47 Å². The lowest BCUT2D eigenvalue weighted by molar-refractivity contribution is -0.149. The van der Waals surface area contributed by atoms with Crippen molar-refractivity contribution < 1.29 is 24.3 Å². The summed E-state index contributed by atoms with van der Waals surface area (Å²) in [6.07, 6.45) is 0.207. The Kier molecular flexibility index (Phi) is 7.57. The van der Waals surface area contributed by atoms with E-state index in [0.29, 0.717) is 6.61 Å². The van der Waals surface area contributed by atoms with Crippen LogP contribution in [0.1, 0.15) is 26.7 Å². The van der Waals surface area contributed by atoms with E-state index in [9.17, 15) is 9.59 Å². The molecule has 0 aromatic rings. The van der Waals surface area contributed by atoms with Crippen LogP contribution in [0.25, 0.3) is 0 Å². The lowest BCUT2D eigenvalue weighted by Crippen LogP contribution is -2.36. The predicted molar refractivity (Wildman–Crippen MR) is 51.2 cm³/mol. The molecule has 0 rings (SSSR count). The molecule has 0 unspecified atom stereocenters. The summed E-state index contributed by atoms with van der Waals surface area (Å²) in [5.41, 5.74) is 1.80. The zero-order valence-corrected chi connectivity index (χ0v) is 8.99. The average molecular weight is 219 g/mol. The van der Waals surface area contributed by atoms with E-state index < -0.39 is 18.0 Å². The first-order valence-electron chi connectivity index (χ1n) is 4.87. The molecule has 88 valence electrons. The third-order valence-electron chi connectivity index (χ3n) is 1.67. The Labute approximate surface area is 88.5 Å². The number of ether oxygens (including phenoxy) is 2. The topological polar surface area (TPSA) is 84.9 Å². The third kappa shape index (κ3) is 6.03. The Morgan fingerprint density at radius 3 is 2.33 bits per heavy atom. The molecule has 6 heteroatoms. The van der Waals surface area contributed by atoms with Crippen LogP contribution >= 0.6 is 0 Å². The van der Waals surface area contributed by atoms with E-state index in [1.165, 1.54) is 0 Å². The van der Waals surface area contributed by atoms with Gasteiger partial charge in [-0.15, -0.1) is 0 Å². The van der Waals surface area contributed by atoms with Crippen LogP contribution < -0.4 is 5.48 Å². The van der Waals surface area contributed by atoms with Gasteiger partial charge in [0.25, 0.3) is 0 Å². The number of carbonyl (C=O) groups is 2. The maximum Gasteiger partial charge on any atom is 0.325 e. The molecular weight excluding hydrogens is 202 g/mol. The molecule has 0 fully saturated rings. The van der Waals surface area contributed by atoms with Crippen molar-refractivity contribution in [1.82, 2.24) is 5.48 Å². The minimum Gasteiger partial charge on any atom is -0.466 e. The van der Waals surface area contributed by atoms with Gasteiger partial charge in [-0.1, -0.05) is 0 Å². The highest BCUT2D eigenvalue weighted by Crippen LogP contribution is 2.01. The largest absolute Gasteiger partial charge is 0.466 e. The molecule has 1 atom stereocenters. The van der Waals surface area contributed by atoms with Crippen molar-refractivity contribution in [3.05, 3.63) is 0 Å². The van der Waals surface area contributed by atoms with Crippen molar-refractivity contribution >= 4 is 11.9 Å². The van der Waals surface area contributed by atoms with Gasteiger partial charge in [0.15, 0.2) is 0 Å². The first-order chi connectivity index (χ1) is 7.15. The standard InChI is InChI=1S/C9H17NO5/c1-3-14-8(11)6-5-7(10-13)9(12)15-4-2/h7,10,13H,3-6H2,1-2H3/t7-/m0/s1. The molecule has 0 radical (unpaired) electrons. The molecule has 0 aliphatic heterocycles. The van der Waals surface area contributed by atoms with Crippen LogP contribution in [0.4, 0.5) is 0 Å². The zero-order valence-electron chi connectivity index (χ0n) is 8.99. The number of rotatable bonds is 7. The van der Waals surface area contributed by atoms with Gasteiger partial charge in [-0.3, -0.25) is 9.59 Å². The summed E-state index contributed by atoms with van der Waals surface area (Å²) in [5, 5.41) is 8.66. The monoisotopic (exact) mass is 219 g/mol. The van der Waals surface area contributed by atoms with Crippen molar-refractivity contribution in [3.8, 4) is 0 Å². The Morgan fingerprint density at radius 2 is 1.87 bits per heavy atom. The lowest BCUT2D eigenvalue weighted by Gasteiger charge is -2.12. The second-order valence-electron chi connectivity index (χ2n) is 2.78. The predicted octanol–water partition coefficient (Wildman–Crippen LogP) is 0.240. The minimum atomic E-state index is -0.880. The average Bonchev–Trinajstić information content (AvgIpc) is 2.19. The van der Waals surface area contributed by atoms with E-state index in [0.717, 1.165) is 0 Å². The molecule has 0 aliphatic rings. The Morgan fingerprint density at radius 1 is 1.27 bits per heavy atom. The molecule has 0 saturated carbocycles. The minimum absolute atomic E-state index is 0.0604. The van der Waals surface area contributed by atoms with E-state index >= 15 is 0 Å². The van der Waals surface area contributed by atoms with Gasteiger partial charge in [0.2, 0.25) is 0 Å². The molecule has 0 aliphatic carbocycles. The van der Waals surface area contributed by atoms with Crippen LogP contribution in [0, 0.1) is 0 Å². The Hall–Kier alpha value is -1.14. The fourth-order valence-electron chi connectivity index (χ4n) is 0.973. The fraction of sp³-hybridized carbons (Fsp3) is 0.778. The van der Waals surface area contributed by atoms with Gasteiger partial charge in [0, 0.05) is 6.42 Å². The Bertz CT molecular complexity index is 207. The maximum atomic E-state index is 11.1. The van der Waals surface area contributed by atoms with Crippen molar-refractivity contribution in [3.63, 3.8) is 0 Å². The summed E-state index contributed by atoms with van der Waals surface area (Å²) < 4.78 is 9.35. The van der Waals surface area contributed by atoms with Crippen molar-refractivity contribution in [2.45, 2.75) is 32.7 Å². The second-order valence-corrected chi connectivity index (χ2v) is 2.78. The highest BCUT2D eigenvalue weighted by molar-refractivity contribution is 5.77. The highest BCUT2D eigenvalue weighted by atomic mass is 16.5. The molecule has 15 heavy (non-hydrogen) atoms. The quantitative estimate of drug-likeness (QED) is 0.471. The molecule has 0 saturated heterocycles. The molecule has 0 heterocycles. The van der Waals surface area contributed by atoms with Crippen LogP contribution in [0.2, 0.25) is 0 Å². The van der Waals surface area contributed by atoms with Crippen molar-refractivity contribution in [2.24, 2.45) is 0 Å². The van der Waals surface area contributed by atoms with Crippen LogP contribution in [0.5, 0.6) is 0 Å². The van der Waals surface area contributed by atoms with Gasteiger partial charge in [0.1, 0.15) is 6.04 Å². The second kappa shape index (κ2) is 8.19. The van der Waals surface area contributed by atoms with Crippen molar-refractivity contribution in [2.75, 3.05) is 13.2 Å². The lowest BCUT2D eigenvalue weighted by atomic mass is 10.2. The molecule has 0 spiro atoms. The van der Waals surface area contributed by atoms with Crippen LogP contribution in [0.15, 0.2) is 0 Å². The van der Waals surface area contributed by atoms with Gasteiger partial charge in [-0.25, -0.2) is 0 Å². The summed E-state index contributed by atoms with van der Waals surface area (Å²) in [6, 6.07) is -0.880. The summed E-state index contributed by atoms with van der Waals surface area (Å²) in [5.74, 6) is -0.980. The van der Waals surface area contributed by atoms with E-state index in [-0.39, 0.29) is 19.4 Å². The third-order valence-corrected chi connectivity index (χ3v) is 1.67. The number of hydrogen-bond donors (Lipinski definition) is 2. The maximum absolute atomic E-state index is 11.1. The van der Waals surface area contributed by atoms with E-state index in [1.54, 1.807) is 19.3 Å². The molecule has 0 bridgehead atoms. The summed E-state index contributed by atoms with van der Waals surface area (Å²) >= 11 is 0.